The molecule has 2 fully saturated rings. The first kappa shape index (κ1) is 14.5. The predicted octanol–water partition coefficient (Wildman–Crippen LogP) is 1.96. The standard InChI is InChI=1S/C17H21N3O3/c21-16(15-8-11-1-2-12(15)7-11)19-5-3-14(4-6-19)20-10-13(9-18-20)17(22)23/h1-2,9-12,14-15H,3-8H2,(H,22,23). The van der Waals surface area contributed by atoms with Crippen LogP contribution in [0, 0.1) is 17.8 Å². The minimum Gasteiger partial charge on any atom is -0.478 e. The summed E-state index contributed by atoms with van der Waals surface area (Å²) in [6.07, 6.45) is 11.3. The van der Waals surface area contributed by atoms with Crippen LogP contribution in [0.4, 0.5) is 0 Å². The van der Waals surface area contributed by atoms with Gasteiger partial charge in [0.1, 0.15) is 0 Å². The molecule has 6 heteroatoms. The van der Waals surface area contributed by atoms with Gasteiger partial charge in [-0.3, -0.25) is 9.48 Å². The van der Waals surface area contributed by atoms with E-state index in [0.29, 0.717) is 17.7 Å². The lowest BCUT2D eigenvalue weighted by molar-refractivity contribution is -0.137. The van der Waals surface area contributed by atoms with Crippen molar-refractivity contribution in [2.24, 2.45) is 17.8 Å². The Kier molecular flexibility index (Phi) is 3.47. The highest BCUT2D eigenvalue weighted by Crippen LogP contribution is 2.44. The van der Waals surface area contributed by atoms with Crippen LogP contribution in [0.15, 0.2) is 24.5 Å². The Morgan fingerprint density at radius 2 is 1.96 bits per heavy atom. The van der Waals surface area contributed by atoms with Crippen molar-refractivity contribution in [3.8, 4) is 0 Å². The molecule has 122 valence electrons. The van der Waals surface area contributed by atoms with Crippen molar-refractivity contribution in [2.45, 2.75) is 31.7 Å². The zero-order chi connectivity index (χ0) is 16.0. The molecule has 2 aliphatic carbocycles. The number of aromatic carboxylic acids is 1. The quantitative estimate of drug-likeness (QED) is 0.865. The number of carbonyl (C=O) groups excluding carboxylic acids is 1. The van der Waals surface area contributed by atoms with E-state index in [1.54, 1.807) is 10.9 Å². The number of hydrogen-bond acceptors (Lipinski definition) is 3. The summed E-state index contributed by atoms with van der Waals surface area (Å²) in [5.74, 6) is 0.615. The van der Waals surface area contributed by atoms with Crippen molar-refractivity contribution in [3.05, 3.63) is 30.1 Å². The zero-order valence-electron chi connectivity index (χ0n) is 13.0. The Morgan fingerprint density at radius 1 is 1.17 bits per heavy atom. The number of piperidine rings is 1. The van der Waals surface area contributed by atoms with Crippen molar-refractivity contribution in [2.75, 3.05) is 13.1 Å². The second-order valence-electron chi connectivity index (χ2n) is 6.96. The van der Waals surface area contributed by atoms with Crippen LogP contribution in [0.1, 0.15) is 42.1 Å². The van der Waals surface area contributed by atoms with E-state index in [1.807, 2.05) is 4.90 Å². The second-order valence-corrected chi connectivity index (χ2v) is 6.96. The van der Waals surface area contributed by atoms with Crippen molar-refractivity contribution in [3.63, 3.8) is 0 Å². The van der Waals surface area contributed by atoms with Gasteiger partial charge in [0.2, 0.25) is 5.91 Å². The first-order valence-electron chi connectivity index (χ1n) is 8.36. The molecule has 2 bridgehead atoms. The lowest BCUT2D eigenvalue weighted by atomic mass is 9.91. The monoisotopic (exact) mass is 315 g/mol. The zero-order valence-corrected chi connectivity index (χ0v) is 13.0. The molecule has 4 rings (SSSR count). The molecule has 3 atom stereocenters. The summed E-state index contributed by atoms with van der Waals surface area (Å²) in [6.45, 7) is 1.48. The number of likely N-dealkylation sites (tertiary alicyclic amines) is 1. The van der Waals surface area contributed by atoms with E-state index in [0.717, 1.165) is 38.8 Å². The van der Waals surface area contributed by atoms with Gasteiger partial charge < -0.3 is 10.0 Å². The molecule has 1 saturated carbocycles. The summed E-state index contributed by atoms with van der Waals surface area (Å²) in [7, 11) is 0. The molecule has 6 nitrogen and oxygen atoms in total. The number of rotatable bonds is 3. The highest BCUT2D eigenvalue weighted by molar-refractivity contribution is 5.86. The number of carbonyl (C=O) groups is 2. The Labute approximate surface area is 134 Å². The number of carboxylic acid groups (broad SMARTS) is 1. The second kappa shape index (κ2) is 5.51. The lowest BCUT2D eigenvalue weighted by Crippen LogP contribution is -2.43. The van der Waals surface area contributed by atoms with Gasteiger partial charge in [-0.2, -0.15) is 5.10 Å². The summed E-state index contributed by atoms with van der Waals surface area (Å²) in [6, 6.07) is 0.187. The molecule has 2 heterocycles. The molecular weight excluding hydrogens is 294 g/mol. The number of hydrogen-bond donors (Lipinski definition) is 1. The van der Waals surface area contributed by atoms with Gasteiger partial charge in [-0.25, -0.2) is 4.79 Å². The van der Waals surface area contributed by atoms with Crippen LogP contribution in [-0.4, -0.2) is 44.8 Å². The molecule has 0 spiro atoms. The third kappa shape index (κ3) is 2.56. The van der Waals surface area contributed by atoms with Gasteiger partial charge in [0, 0.05) is 25.2 Å². The number of fused-ring (bicyclic) bond motifs is 2. The van der Waals surface area contributed by atoms with Crippen LogP contribution in [0.2, 0.25) is 0 Å². The first-order chi connectivity index (χ1) is 11.1. The molecule has 1 saturated heterocycles. The average Bonchev–Trinajstić information content (AvgIpc) is 3.30. The normalized spacial score (nSPS) is 30.1. The smallest absolute Gasteiger partial charge is 0.338 e. The minimum atomic E-state index is -0.951. The molecule has 1 aliphatic heterocycles. The van der Waals surface area contributed by atoms with Crippen LogP contribution in [0.3, 0.4) is 0 Å². The molecule has 0 aromatic carbocycles. The van der Waals surface area contributed by atoms with Crippen molar-refractivity contribution >= 4 is 11.9 Å². The maximum atomic E-state index is 12.7. The predicted molar refractivity (Wildman–Crippen MR) is 82.9 cm³/mol. The van der Waals surface area contributed by atoms with Crippen molar-refractivity contribution < 1.29 is 14.7 Å². The summed E-state index contributed by atoms with van der Waals surface area (Å²) in [5, 5.41) is 13.1. The average molecular weight is 315 g/mol. The fraction of sp³-hybridized carbons (Fsp3) is 0.588. The fourth-order valence-electron chi connectivity index (χ4n) is 4.30. The van der Waals surface area contributed by atoms with Crippen LogP contribution in [0.25, 0.3) is 0 Å². The molecule has 0 radical (unpaired) electrons. The SMILES string of the molecule is O=C(O)c1cnn(C2CCN(C(=O)C3CC4C=CC3C4)CC2)c1. The number of nitrogens with zero attached hydrogens (tertiary/aromatic N) is 3. The van der Waals surface area contributed by atoms with Crippen LogP contribution in [0.5, 0.6) is 0 Å². The van der Waals surface area contributed by atoms with Crippen molar-refractivity contribution in [1.29, 1.82) is 0 Å². The maximum Gasteiger partial charge on any atom is 0.338 e. The van der Waals surface area contributed by atoms with Crippen LogP contribution in [-0.2, 0) is 4.79 Å². The summed E-state index contributed by atoms with van der Waals surface area (Å²) in [5.41, 5.74) is 0.220. The number of allylic oxidation sites excluding steroid dienone is 2. The van der Waals surface area contributed by atoms with E-state index in [4.69, 9.17) is 5.11 Å². The fourth-order valence-corrected chi connectivity index (χ4v) is 4.30. The molecule has 1 N–H and O–H groups in total. The van der Waals surface area contributed by atoms with E-state index in [9.17, 15) is 9.59 Å². The number of aromatic nitrogens is 2. The Hall–Kier alpha value is -2.11. The molecule has 1 aromatic heterocycles. The van der Waals surface area contributed by atoms with E-state index in [2.05, 4.69) is 17.3 Å². The van der Waals surface area contributed by atoms with Crippen LogP contribution >= 0.6 is 0 Å². The van der Waals surface area contributed by atoms with Crippen molar-refractivity contribution in [1.82, 2.24) is 14.7 Å². The molecule has 3 unspecified atom stereocenters. The summed E-state index contributed by atoms with van der Waals surface area (Å²) in [4.78, 5) is 25.7. The minimum absolute atomic E-state index is 0.185. The first-order valence-corrected chi connectivity index (χ1v) is 8.36. The van der Waals surface area contributed by atoms with Crippen LogP contribution < -0.4 is 0 Å². The van der Waals surface area contributed by atoms with Gasteiger partial charge in [0.15, 0.2) is 0 Å². The molecule has 3 aliphatic rings. The third-order valence-electron chi connectivity index (χ3n) is 5.59. The van der Waals surface area contributed by atoms with E-state index >= 15 is 0 Å². The highest BCUT2D eigenvalue weighted by atomic mass is 16.4. The number of carboxylic acids is 1. The third-order valence-corrected chi connectivity index (χ3v) is 5.59. The molecule has 23 heavy (non-hydrogen) atoms. The maximum absolute atomic E-state index is 12.7. The summed E-state index contributed by atoms with van der Waals surface area (Å²) >= 11 is 0. The Balaban J connectivity index is 1.36. The Morgan fingerprint density at radius 3 is 2.52 bits per heavy atom. The molecule has 1 aromatic rings. The molecule has 1 amide bonds. The van der Waals surface area contributed by atoms with E-state index in [-0.39, 0.29) is 17.5 Å². The lowest BCUT2D eigenvalue weighted by Gasteiger charge is -2.34. The van der Waals surface area contributed by atoms with Gasteiger partial charge in [0.25, 0.3) is 0 Å². The largest absolute Gasteiger partial charge is 0.478 e. The van der Waals surface area contributed by atoms with E-state index < -0.39 is 5.97 Å². The van der Waals surface area contributed by atoms with Gasteiger partial charge in [0.05, 0.1) is 17.8 Å². The topological polar surface area (TPSA) is 75.4 Å². The van der Waals surface area contributed by atoms with E-state index in [1.165, 1.54) is 6.20 Å². The number of amides is 1. The molecular formula is C17H21N3O3. The Bertz CT molecular complexity index is 658. The van der Waals surface area contributed by atoms with Gasteiger partial charge >= 0.3 is 5.97 Å². The van der Waals surface area contributed by atoms with Gasteiger partial charge in [-0.1, -0.05) is 12.2 Å². The highest BCUT2D eigenvalue weighted by Gasteiger charge is 2.42. The van der Waals surface area contributed by atoms with Gasteiger partial charge in [-0.15, -0.1) is 0 Å². The summed E-state index contributed by atoms with van der Waals surface area (Å²) < 4.78 is 1.74. The van der Waals surface area contributed by atoms with Gasteiger partial charge in [-0.05, 0) is 37.5 Å².